The van der Waals surface area contributed by atoms with E-state index in [1.807, 2.05) is 24.5 Å². The van der Waals surface area contributed by atoms with Crippen molar-refractivity contribution in [2.45, 2.75) is 25.9 Å². The molecule has 1 fully saturated rings. The lowest BCUT2D eigenvalue weighted by molar-refractivity contribution is 0.168. The van der Waals surface area contributed by atoms with Crippen LogP contribution in [0.5, 0.6) is 0 Å². The summed E-state index contributed by atoms with van der Waals surface area (Å²) in [5, 5.41) is 0. The molecule has 3 nitrogen and oxygen atoms in total. The van der Waals surface area contributed by atoms with E-state index in [-0.39, 0.29) is 5.82 Å². The number of benzene rings is 2. The smallest absolute Gasteiger partial charge is 0.123 e. The van der Waals surface area contributed by atoms with E-state index in [0.29, 0.717) is 5.92 Å². The fraction of sp³-hybridized carbons (Fsp3) is 0.350. The number of imidazole rings is 1. The molecule has 1 aliphatic rings. The number of fused-ring (bicyclic) bond motifs is 1. The molecule has 0 N–H and O–H groups in total. The molecule has 0 radical (unpaired) electrons. The molecule has 124 valence electrons. The molecular formula is C20H22FN3. The van der Waals surface area contributed by atoms with Gasteiger partial charge in [-0.15, -0.1) is 0 Å². The molecule has 0 unspecified atom stereocenters. The Labute approximate surface area is 141 Å². The lowest BCUT2D eigenvalue weighted by Gasteiger charge is -2.32. The van der Waals surface area contributed by atoms with E-state index >= 15 is 0 Å². The van der Waals surface area contributed by atoms with Crippen LogP contribution in [0.25, 0.3) is 11.0 Å². The number of halogens is 1. The summed E-state index contributed by atoms with van der Waals surface area (Å²) < 4.78 is 15.3. The van der Waals surface area contributed by atoms with Crippen LogP contribution in [0.4, 0.5) is 4.39 Å². The first kappa shape index (κ1) is 15.3. The van der Waals surface area contributed by atoms with Gasteiger partial charge in [-0.1, -0.05) is 24.3 Å². The van der Waals surface area contributed by atoms with Crippen LogP contribution in [-0.2, 0) is 13.1 Å². The van der Waals surface area contributed by atoms with Crippen LogP contribution in [0, 0.1) is 11.7 Å². The van der Waals surface area contributed by atoms with Gasteiger partial charge in [0.05, 0.1) is 17.4 Å². The van der Waals surface area contributed by atoms with Crippen LogP contribution in [0.1, 0.15) is 18.4 Å². The summed E-state index contributed by atoms with van der Waals surface area (Å²) in [4.78, 5) is 6.95. The number of hydrogen-bond acceptors (Lipinski definition) is 2. The maximum absolute atomic E-state index is 13.0. The molecule has 2 aromatic carbocycles. The van der Waals surface area contributed by atoms with Gasteiger partial charge in [0, 0.05) is 13.1 Å². The molecule has 3 aromatic rings. The lowest BCUT2D eigenvalue weighted by Crippen LogP contribution is -2.34. The Morgan fingerprint density at radius 1 is 1.00 bits per heavy atom. The summed E-state index contributed by atoms with van der Waals surface area (Å²) in [5.41, 5.74) is 3.49. The molecule has 1 aromatic heterocycles. The highest BCUT2D eigenvalue weighted by Gasteiger charge is 2.20. The summed E-state index contributed by atoms with van der Waals surface area (Å²) in [6, 6.07) is 15.2. The molecule has 0 amide bonds. The van der Waals surface area contributed by atoms with Crippen LogP contribution >= 0.6 is 0 Å². The molecule has 0 atom stereocenters. The normalized spacial score (nSPS) is 16.7. The summed E-state index contributed by atoms with van der Waals surface area (Å²) in [5.74, 6) is 0.539. The number of hydrogen-bond donors (Lipinski definition) is 0. The van der Waals surface area contributed by atoms with E-state index in [1.54, 1.807) is 12.1 Å². The first-order chi connectivity index (χ1) is 11.8. The second-order valence-corrected chi connectivity index (χ2v) is 6.73. The molecule has 0 aliphatic carbocycles. The van der Waals surface area contributed by atoms with E-state index in [4.69, 9.17) is 0 Å². The van der Waals surface area contributed by atoms with Crippen LogP contribution in [0.15, 0.2) is 54.9 Å². The Balaban J connectivity index is 1.33. The number of para-hydroxylation sites is 2. The lowest BCUT2D eigenvalue weighted by atomic mass is 9.96. The van der Waals surface area contributed by atoms with Crippen LogP contribution in [-0.4, -0.2) is 27.5 Å². The third kappa shape index (κ3) is 3.34. The standard InChI is InChI=1S/C20H22FN3/c21-18-7-5-16(6-8-18)13-23-11-9-17(10-12-23)14-24-15-22-19-3-1-2-4-20(19)24/h1-8,15,17H,9-14H2. The van der Waals surface area contributed by atoms with Crippen molar-refractivity contribution >= 4 is 11.0 Å². The molecule has 24 heavy (non-hydrogen) atoms. The average molecular weight is 323 g/mol. The SMILES string of the molecule is Fc1ccc(CN2CCC(Cn3cnc4ccccc43)CC2)cc1. The van der Waals surface area contributed by atoms with Gasteiger partial charge >= 0.3 is 0 Å². The quantitative estimate of drug-likeness (QED) is 0.721. The molecular weight excluding hydrogens is 301 g/mol. The molecule has 4 rings (SSSR count). The summed E-state index contributed by atoms with van der Waals surface area (Å²) >= 11 is 0. The number of likely N-dealkylation sites (tertiary alicyclic amines) is 1. The number of piperidine rings is 1. The topological polar surface area (TPSA) is 21.1 Å². The van der Waals surface area contributed by atoms with Gasteiger partial charge in [-0.25, -0.2) is 9.37 Å². The van der Waals surface area contributed by atoms with E-state index < -0.39 is 0 Å². The second kappa shape index (κ2) is 6.73. The fourth-order valence-corrected chi connectivity index (χ4v) is 3.61. The van der Waals surface area contributed by atoms with Gasteiger partial charge in [-0.05, 0) is 61.7 Å². The van der Waals surface area contributed by atoms with Gasteiger partial charge in [-0.2, -0.15) is 0 Å². The fourth-order valence-electron chi connectivity index (χ4n) is 3.61. The van der Waals surface area contributed by atoms with Crippen molar-refractivity contribution in [3.8, 4) is 0 Å². The van der Waals surface area contributed by atoms with Gasteiger partial charge in [0.1, 0.15) is 5.82 Å². The second-order valence-electron chi connectivity index (χ2n) is 6.73. The number of nitrogens with zero attached hydrogens (tertiary/aromatic N) is 3. The molecule has 1 saturated heterocycles. The summed E-state index contributed by atoms with van der Waals surface area (Å²) in [6.45, 7) is 4.18. The number of aromatic nitrogens is 2. The van der Waals surface area contributed by atoms with Gasteiger partial charge < -0.3 is 4.57 Å². The van der Waals surface area contributed by atoms with E-state index in [9.17, 15) is 4.39 Å². The maximum atomic E-state index is 13.0. The van der Waals surface area contributed by atoms with Crippen molar-refractivity contribution in [1.29, 1.82) is 0 Å². The zero-order valence-electron chi connectivity index (χ0n) is 13.7. The largest absolute Gasteiger partial charge is 0.330 e. The third-order valence-corrected chi connectivity index (χ3v) is 5.01. The van der Waals surface area contributed by atoms with Crippen LogP contribution < -0.4 is 0 Å². The molecule has 0 spiro atoms. The zero-order valence-corrected chi connectivity index (χ0v) is 13.7. The average Bonchev–Trinajstić information content (AvgIpc) is 3.02. The molecule has 0 saturated carbocycles. The minimum Gasteiger partial charge on any atom is -0.330 e. The predicted octanol–water partition coefficient (Wildman–Crippen LogP) is 4.09. The van der Waals surface area contributed by atoms with E-state index in [2.05, 4.69) is 32.7 Å². The predicted molar refractivity (Wildman–Crippen MR) is 94.1 cm³/mol. The van der Waals surface area contributed by atoms with Crippen molar-refractivity contribution < 1.29 is 4.39 Å². The van der Waals surface area contributed by atoms with Crippen LogP contribution in [0.2, 0.25) is 0 Å². The minimum absolute atomic E-state index is 0.162. The van der Waals surface area contributed by atoms with Crippen molar-refractivity contribution in [2.75, 3.05) is 13.1 Å². The Kier molecular flexibility index (Phi) is 4.30. The summed E-state index contributed by atoms with van der Waals surface area (Å²) in [6.07, 6.45) is 4.37. The van der Waals surface area contributed by atoms with Gasteiger partial charge in [0.2, 0.25) is 0 Å². The highest BCUT2D eigenvalue weighted by atomic mass is 19.1. The molecule has 2 heterocycles. The molecule has 1 aliphatic heterocycles. The van der Waals surface area contributed by atoms with Crippen molar-refractivity contribution in [1.82, 2.24) is 14.5 Å². The van der Waals surface area contributed by atoms with Crippen LogP contribution in [0.3, 0.4) is 0 Å². The highest BCUT2D eigenvalue weighted by Crippen LogP contribution is 2.22. The van der Waals surface area contributed by atoms with Crippen molar-refractivity contribution in [3.05, 3.63) is 66.2 Å². The van der Waals surface area contributed by atoms with Crippen molar-refractivity contribution in [3.63, 3.8) is 0 Å². The minimum atomic E-state index is -0.162. The first-order valence-electron chi connectivity index (χ1n) is 8.64. The van der Waals surface area contributed by atoms with Gasteiger partial charge in [0.15, 0.2) is 0 Å². The van der Waals surface area contributed by atoms with E-state index in [1.165, 1.54) is 23.9 Å². The Morgan fingerprint density at radius 2 is 1.75 bits per heavy atom. The summed E-state index contributed by atoms with van der Waals surface area (Å²) in [7, 11) is 0. The molecule has 4 heteroatoms. The molecule has 0 bridgehead atoms. The maximum Gasteiger partial charge on any atom is 0.123 e. The Bertz CT molecular complexity index is 801. The first-order valence-corrected chi connectivity index (χ1v) is 8.64. The van der Waals surface area contributed by atoms with Crippen molar-refractivity contribution in [2.24, 2.45) is 5.92 Å². The zero-order chi connectivity index (χ0) is 16.4. The number of rotatable bonds is 4. The highest BCUT2D eigenvalue weighted by molar-refractivity contribution is 5.74. The van der Waals surface area contributed by atoms with E-state index in [0.717, 1.165) is 31.7 Å². The Hall–Kier alpha value is -2.20. The van der Waals surface area contributed by atoms with Gasteiger partial charge in [0.25, 0.3) is 0 Å². The van der Waals surface area contributed by atoms with Gasteiger partial charge in [-0.3, -0.25) is 4.90 Å². The third-order valence-electron chi connectivity index (χ3n) is 5.01. The Morgan fingerprint density at radius 3 is 2.54 bits per heavy atom. The monoisotopic (exact) mass is 323 g/mol.